The highest BCUT2D eigenvalue weighted by Crippen LogP contribution is 2.31. The van der Waals surface area contributed by atoms with E-state index in [1.165, 1.54) is 37.8 Å². The highest BCUT2D eigenvalue weighted by Gasteiger charge is 2.19. The van der Waals surface area contributed by atoms with Crippen molar-refractivity contribution in [3.05, 3.63) is 60.5 Å². The Balaban J connectivity index is 1.71. The molecule has 1 fully saturated rings. The van der Waals surface area contributed by atoms with E-state index in [1.54, 1.807) is 10.7 Å². The molecule has 0 amide bonds. The molecule has 130 valence electrons. The average Bonchev–Trinajstić information content (AvgIpc) is 3.32. The third kappa shape index (κ3) is 2.60. The molecule has 4 nitrogen and oxygen atoms in total. The summed E-state index contributed by atoms with van der Waals surface area (Å²) in [4.78, 5) is 4.83. The molecular formula is C21H19FN4. The van der Waals surface area contributed by atoms with Crippen LogP contribution >= 0.6 is 0 Å². The van der Waals surface area contributed by atoms with Crippen LogP contribution in [0.3, 0.4) is 0 Å². The summed E-state index contributed by atoms with van der Waals surface area (Å²) in [5.74, 6) is 0.551. The van der Waals surface area contributed by atoms with Gasteiger partial charge < -0.3 is 5.32 Å². The van der Waals surface area contributed by atoms with Crippen LogP contribution < -0.4 is 5.32 Å². The van der Waals surface area contributed by atoms with E-state index in [0.717, 1.165) is 27.6 Å². The summed E-state index contributed by atoms with van der Waals surface area (Å²) in [6.45, 7) is 0. The van der Waals surface area contributed by atoms with Gasteiger partial charge in [-0.3, -0.25) is 0 Å². The molecule has 0 saturated heterocycles. The van der Waals surface area contributed by atoms with Gasteiger partial charge in [-0.05, 0) is 37.1 Å². The molecule has 0 aliphatic heterocycles. The molecule has 0 unspecified atom stereocenters. The zero-order chi connectivity index (χ0) is 17.5. The fraction of sp³-hybridized carbons (Fsp3) is 0.238. The van der Waals surface area contributed by atoms with Gasteiger partial charge in [0.2, 0.25) is 0 Å². The summed E-state index contributed by atoms with van der Waals surface area (Å²) in [7, 11) is 0. The van der Waals surface area contributed by atoms with Gasteiger partial charge >= 0.3 is 0 Å². The minimum absolute atomic E-state index is 0.269. The first-order valence-electron chi connectivity index (χ1n) is 9.08. The van der Waals surface area contributed by atoms with Gasteiger partial charge in [-0.25, -0.2) is 14.1 Å². The zero-order valence-corrected chi connectivity index (χ0v) is 14.3. The number of hydrogen-bond donors (Lipinski definition) is 1. The van der Waals surface area contributed by atoms with E-state index in [9.17, 15) is 4.39 Å². The lowest BCUT2D eigenvalue weighted by atomic mass is 10.1. The minimum atomic E-state index is -0.269. The van der Waals surface area contributed by atoms with Crippen LogP contribution in [-0.4, -0.2) is 20.8 Å². The molecule has 2 aromatic heterocycles. The molecule has 0 radical (unpaired) electrons. The third-order valence-corrected chi connectivity index (χ3v) is 5.13. The highest BCUT2D eigenvalue weighted by atomic mass is 19.1. The van der Waals surface area contributed by atoms with Crippen LogP contribution in [0, 0.1) is 5.82 Å². The lowest BCUT2D eigenvalue weighted by Gasteiger charge is -2.13. The molecule has 2 aromatic carbocycles. The Morgan fingerprint density at radius 3 is 2.69 bits per heavy atom. The van der Waals surface area contributed by atoms with Crippen LogP contribution in [0.5, 0.6) is 0 Å². The molecule has 2 heterocycles. The van der Waals surface area contributed by atoms with Crippen molar-refractivity contribution in [2.75, 3.05) is 5.32 Å². The van der Waals surface area contributed by atoms with Crippen molar-refractivity contribution in [2.45, 2.75) is 31.7 Å². The van der Waals surface area contributed by atoms with E-state index in [0.29, 0.717) is 11.7 Å². The van der Waals surface area contributed by atoms with Crippen molar-refractivity contribution >= 4 is 27.6 Å². The number of halogens is 1. The first-order valence-corrected chi connectivity index (χ1v) is 9.08. The molecule has 26 heavy (non-hydrogen) atoms. The summed E-state index contributed by atoms with van der Waals surface area (Å²) in [6.07, 6.45) is 6.81. The second-order valence-electron chi connectivity index (χ2n) is 6.92. The Morgan fingerprint density at radius 1 is 1.00 bits per heavy atom. The van der Waals surface area contributed by atoms with Crippen LogP contribution in [0.15, 0.2) is 54.7 Å². The Labute approximate surface area is 150 Å². The maximum Gasteiger partial charge on any atom is 0.155 e. The number of hydrogen-bond acceptors (Lipinski definition) is 3. The lowest BCUT2D eigenvalue weighted by Crippen LogP contribution is -2.16. The predicted molar refractivity (Wildman–Crippen MR) is 102 cm³/mol. The van der Waals surface area contributed by atoms with Crippen molar-refractivity contribution in [3.8, 4) is 5.69 Å². The smallest absolute Gasteiger partial charge is 0.155 e. The minimum Gasteiger partial charge on any atom is -0.365 e. The SMILES string of the molecule is Fc1cccc(-n2cc3c(n2)c(NC2CCCC2)nc2ccccc23)c1. The number of nitrogens with zero attached hydrogens (tertiary/aromatic N) is 3. The van der Waals surface area contributed by atoms with Crippen LogP contribution in [0.25, 0.3) is 27.5 Å². The van der Waals surface area contributed by atoms with E-state index in [4.69, 9.17) is 10.1 Å². The van der Waals surface area contributed by atoms with Crippen molar-refractivity contribution in [2.24, 2.45) is 0 Å². The second kappa shape index (κ2) is 6.09. The van der Waals surface area contributed by atoms with E-state index >= 15 is 0 Å². The Morgan fingerprint density at radius 2 is 1.85 bits per heavy atom. The van der Waals surface area contributed by atoms with Crippen molar-refractivity contribution in [3.63, 3.8) is 0 Å². The number of para-hydroxylation sites is 1. The molecule has 5 rings (SSSR count). The van der Waals surface area contributed by atoms with Gasteiger partial charge in [0.25, 0.3) is 0 Å². The molecule has 1 saturated carbocycles. The maximum atomic E-state index is 13.6. The first-order chi connectivity index (χ1) is 12.8. The summed E-state index contributed by atoms with van der Waals surface area (Å²) in [6, 6.07) is 15.0. The van der Waals surface area contributed by atoms with Crippen molar-refractivity contribution in [1.29, 1.82) is 0 Å². The maximum absolute atomic E-state index is 13.6. The predicted octanol–water partition coefficient (Wildman–Crippen LogP) is 5.07. The van der Waals surface area contributed by atoms with Crippen LogP contribution in [0.4, 0.5) is 10.2 Å². The number of rotatable bonds is 3. The molecular weight excluding hydrogens is 327 g/mol. The topological polar surface area (TPSA) is 42.7 Å². The quantitative estimate of drug-likeness (QED) is 0.563. The standard InChI is InChI=1S/C21H19FN4/c22-14-6-5-9-16(12-14)26-13-18-17-10-3-4-11-19(17)24-21(20(18)25-26)23-15-7-1-2-8-15/h3-6,9-13,15H,1-2,7-8H2,(H,23,24). The first kappa shape index (κ1) is 15.3. The van der Waals surface area contributed by atoms with Crippen LogP contribution in [0.2, 0.25) is 0 Å². The monoisotopic (exact) mass is 346 g/mol. The Kier molecular flexibility index (Phi) is 3.59. The normalized spacial score (nSPS) is 15.1. The number of benzene rings is 2. The molecule has 0 bridgehead atoms. The van der Waals surface area contributed by atoms with E-state index < -0.39 is 0 Å². The number of pyridine rings is 1. The number of anilines is 1. The Bertz CT molecular complexity index is 1100. The van der Waals surface area contributed by atoms with E-state index in [1.807, 2.05) is 30.5 Å². The fourth-order valence-corrected chi connectivity index (χ4v) is 3.83. The van der Waals surface area contributed by atoms with Crippen LogP contribution in [0.1, 0.15) is 25.7 Å². The summed E-state index contributed by atoms with van der Waals surface area (Å²) >= 11 is 0. The Hall–Kier alpha value is -2.95. The average molecular weight is 346 g/mol. The molecule has 1 aliphatic carbocycles. The molecule has 5 heteroatoms. The zero-order valence-electron chi connectivity index (χ0n) is 14.3. The second-order valence-corrected chi connectivity index (χ2v) is 6.92. The largest absolute Gasteiger partial charge is 0.365 e. The summed E-state index contributed by atoms with van der Waals surface area (Å²) < 4.78 is 15.4. The van der Waals surface area contributed by atoms with Gasteiger partial charge in [0.1, 0.15) is 11.3 Å². The van der Waals surface area contributed by atoms with E-state index in [-0.39, 0.29) is 5.82 Å². The van der Waals surface area contributed by atoms with Gasteiger partial charge in [-0.2, -0.15) is 5.10 Å². The lowest BCUT2D eigenvalue weighted by molar-refractivity contribution is 0.625. The van der Waals surface area contributed by atoms with Crippen LogP contribution in [-0.2, 0) is 0 Å². The van der Waals surface area contributed by atoms with E-state index in [2.05, 4.69) is 11.4 Å². The number of aromatic nitrogens is 3. The summed E-state index contributed by atoms with van der Waals surface area (Å²) in [5.41, 5.74) is 2.48. The van der Waals surface area contributed by atoms with Gasteiger partial charge in [-0.1, -0.05) is 37.1 Å². The molecule has 4 aromatic rings. The molecule has 1 N–H and O–H groups in total. The molecule has 0 spiro atoms. The summed E-state index contributed by atoms with van der Waals surface area (Å²) in [5, 5.41) is 10.4. The third-order valence-electron chi connectivity index (χ3n) is 5.13. The highest BCUT2D eigenvalue weighted by molar-refractivity contribution is 6.08. The van der Waals surface area contributed by atoms with Gasteiger partial charge in [0.05, 0.1) is 11.2 Å². The number of nitrogens with one attached hydrogen (secondary N) is 1. The fourth-order valence-electron chi connectivity index (χ4n) is 3.83. The number of fused-ring (bicyclic) bond motifs is 3. The van der Waals surface area contributed by atoms with Crippen molar-refractivity contribution in [1.82, 2.24) is 14.8 Å². The van der Waals surface area contributed by atoms with Gasteiger partial charge in [-0.15, -0.1) is 0 Å². The molecule has 1 aliphatic rings. The van der Waals surface area contributed by atoms with Gasteiger partial charge in [0, 0.05) is 23.0 Å². The van der Waals surface area contributed by atoms with Crippen molar-refractivity contribution < 1.29 is 4.39 Å². The van der Waals surface area contributed by atoms with Gasteiger partial charge in [0.15, 0.2) is 5.82 Å². The molecule has 0 atom stereocenters.